The van der Waals surface area contributed by atoms with Crippen molar-refractivity contribution in [2.24, 2.45) is 0 Å². The van der Waals surface area contributed by atoms with Gasteiger partial charge in [0.25, 0.3) is 0 Å². The van der Waals surface area contributed by atoms with Crippen LogP contribution in [0.2, 0.25) is 0 Å². The van der Waals surface area contributed by atoms with E-state index in [0.29, 0.717) is 0 Å². The molecule has 7 heteroatoms. The molecular formula is AlInMgO4. The average molecular weight is 230 g/mol. The van der Waals surface area contributed by atoms with Crippen LogP contribution in [0.4, 0.5) is 0 Å². The number of rotatable bonds is 0. The van der Waals surface area contributed by atoms with E-state index in [1.165, 1.54) is 0 Å². The van der Waals surface area contributed by atoms with E-state index in [0.717, 1.165) is 0 Å². The second-order valence-electron chi connectivity index (χ2n) is 0. The van der Waals surface area contributed by atoms with E-state index in [-0.39, 0.29) is 88.2 Å². The summed E-state index contributed by atoms with van der Waals surface area (Å²) in [5, 5.41) is 0. The van der Waals surface area contributed by atoms with Crippen LogP contribution in [0.3, 0.4) is 0 Å². The molecule has 0 N–H and O–H groups in total. The maximum Gasteiger partial charge on any atom is 3.00 e. The largest absolute Gasteiger partial charge is 3.00 e. The fourth-order valence-electron chi connectivity index (χ4n) is 0. The Kier molecular flexibility index (Phi) is 1990. The first-order valence-corrected chi connectivity index (χ1v) is 0. The molecule has 0 unspecified atom stereocenters. The molecule has 0 aliphatic heterocycles. The van der Waals surface area contributed by atoms with Crippen molar-refractivity contribution in [2.75, 3.05) is 0 Å². The van der Waals surface area contributed by atoms with Crippen molar-refractivity contribution in [1.29, 1.82) is 0 Å². The zero-order chi connectivity index (χ0) is 0. The molecule has 0 aliphatic rings. The minimum Gasteiger partial charge on any atom is -2.00 e. The van der Waals surface area contributed by atoms with Crippen molar-refractivity contribution in [3.8, 4) is 0 Å². The zero-order valence-electron chi connectivity index (χ0n) is 3.49. The third-order valence-corrected chi connectivity index (χ3v) is 0. The fraction of sp³-hybridized carbons (Fsp3) is 0. The molecule has 0 aromatic carbocycles. The second-order valence-corrected chi connectivity index (χ2v) is 0. The van der Waals surface area contributed by atoms with Crippen molar-refractivity contribution in [3.05, 3.63) is 0 Å². The zero-order valence-corrected chi connectivity index (χ0v) is 9.36. The molecule has 0 aromatic rings. The Hall–Kier alpha value is 2.01. The van der Waals surface area contributed by atoms with Gasteiger partial charge in [0, 0.05) is 0 Å². The molecule has 7 heavy (non-hydrogen) atoms. The van der Waals surface area contributed by atoms with Gasteiger partial charge in [-0.15, -0.1) is 0 Å². The maximum absolute atomic E-state index is 0. The first-order chi connectivity index (χ1) is 0. The van der Waals surface area contributed by atoms with Gasteiger partial charge in [0.15, 0.2) is 0 Å². The minimum absolute atomic E-state index is 0. The van der Waals surface area contributed by atoms with Gasteiger partial charge in [0.05, 0.1) is 0 Å². The van der Waals surface area contributed by atoms with Crippen LogP contribution in [0.1, 0.15) is 0 Å². The van der Waals surface area contributed by atoms with E-state index in [4.69, 9.17) is 0 Å². The van der Waals surface area contributed by atoms with E-state index < -0.39 is 0 Å². The van der Waals surface area contributed by atoms with Crippen LogP contribution < -0.4 is 0 Å². The van der Waals surface area contributed by atoms with Crippen molar-refractivity contribution in [3.63, 3.8) is 0 Å². The summed E-state index contributed by atoms with van der Waals surface area (Å²) in [4.78, 5) is 0. The Morgan fingerprint density at radius 1 is 0.571 bits per heavy atom. The molecule has 0 spiro atoms. The standard InChI is InChI=1S/Al.In.Mg.4O/q2*+3;+2;4*-2. The van der Waals surface area contributed by atoms with Crippen LogP contribution in [0.15, 0.2) is 0 Å². The predicted molar refractivity (Wildman–Crippen MR) is 20.0 cm³/mol. The SMILES string of the molecule is [Al+3].[In+3].[Mg+2].[O-2].[O-2].[O-2].[O-2]. The first-order valence-electron chi connectivity index (χ1n) is 0. The van der Waals surface area contributed by atoms with Crippen LogP contribution in [-0.2, 0) is 21.9 Å². The predicted octanol–water partition coefficient (Wildman–Crippen LogP) is -1.62. The summed E-state index contributed by atoms with van der Waals surface area (Å²) in [7, 11) is 0. The third-order valence-electron chi connectivity index (χ3n) is 0. The molecule has 0 saturated heterocycles. The van der Waals surface area contributed by atoms with Gasteiger partial charge in [-0.05, 0) is 0 Å². The smallest absolute Gasteiger partial charge is 2.00 e. The molecule has 0 fully saturated rings. The van der Waals surface area contributed by atoms with Gasteiger partial charge >= 0.3 is 66.3 Å². The monoisotopic (exact) mass is 230 g/mol. The Morgan fingerprint density at radius 3 is 0.571 bits per heavy atom. The van der Waals surface area contributed by atoms with Gasteiger partial charge in [-0.2, -0.15) is 0 Å². The Labute approximate surface area is 87.3 Å². The fourth-order valence-corrected chi connectivity index (χ4v) is 0. The number of hydrogen-bond donors (Lipinski definition) is 0. The minimum atomic E-state index is 0. The van der Waals surface area contributed by atoms with Gasteiger partial charge in [-0.3, -0.25) is 0 Å². The average Bonchev–Trinajstić information content (AvgIpc) is 0. The second kappa shape index (κ2) is 97.5. The molecule has 0 saturated carbocycles. The summed E-state index contributed by atoms with van der Waals surface area (Å²) in [6.07, 6.45) is 0. The van der Waals surface area contributed by atoms with E-state index in [1.54, 1.807) is 0 Å². The topological polar surface area (TPSA) is 114 Å². The quantitative estimate of drug-likeness (QED) is 0.445. The molecule has 0 amide bonds. The Bertz CT molecular complexity index is 11.7. The van der Waals surface area contributed by atoms with E-state index in [1.807, 2.05) is 0 Å². The molecule has 0 rings (SSSR count). The maximum atomic E-state index is 0. The molecule has 32 valence electrons. The summed E-state index contributed by atoms with van der Waals surface area (Å²) in [6, 6.07) is 0. The van der Waals surface area contributed by atoms with Crippen LogP contribution in [0.25, 0.3) is 0 Å². The summed E-state index contributed by atoms with van der Waals surface area (Å²) in [5.41, 5.74) is 0. The molecular weight excluding hydrogens is 230 g/mol. The van der Waals surface area contributed by atoms with Crippen LogP contribution in [0, 0.1) is 0 Å². The number of hydrogen-bond acceptors (Lipinski definition) is 0. The van der Waals surface area contributed by atoms with Crippen molar-refractivity contribution < 1.29 is 21.9 Å². The first kappa shape index (κ1) is 143. The molecule has 4 nitrogen and oxygen atoms in total. The third kappa shape index (κ3) is 71.7. The van der Waals surface area contributed by atoms with Gasteiger partial charge in [0.2, 0.25) is 0 Å². The molecule has 0 aliphatic carbocycles. The summed E-state index contributed by atoms with van der Waals surface area (Å²) in [5.74, 6) is 0. The summed E-state index contributed by atoms with van der Waals surface area (Å²) in [6.45, 7) is 0. The molecule has 0 bridgehead atoms. The van der Waals surface area contributed by atoms with Crippen LogP contribution in [0.5, 0.6) is 0 Å². The summed E-state index contributed by atoms with van der Waals surface area (Å²) < 4.78 is 0. The van der Waals surface area contributed by atoms with Crippen LogP contribution >= 0.6 is 0 Å². The molecule has 0 aromatic heterocycles. The molecule has 0 radical (unpaired) electrons. The van der Waals surface area contributed by atoms with Gasteiger partial charge in [-0.1, -0.05) is 0 Å². The Morgan fingerprint density at radius 2 is 0.571 bits per heavy atom. The van der Waals surface area contributed by atoms with Crippen molar-refractivity contribution in [2.45, 2.75) is 0 Å². The van der Waals surface area contributed by atoms with Crippen molar-refractivity contribution >= 4 is 66.3 Å². The normalized spacial score (nSPS) is 0. The van der Waals surface area contributed by atoms with E-state index >= 15 is 0 Å². The summed E-state index contributed by atoms with van der Waals surface area (Å²) >= 11 is 0. The molecule has 0 atom stereocenters. The van der Waals surface area contributed by atoms with Gasteiger partial charge in [0.1, 0.15) is 0 Å². The van der Waals surface area contributed by atoms with Gasteiger partial charge < -0.3 is 21.9 Å². The van der Waals surface area contributed by atoms with Gasteiger partial charge in [-0.25, -0.2) is 0 Å². The molecule has 0 heterocycles. The Balaban J connectivity index is 0. The van der Waals surface area contributed by atoms with E-state index in [2.05, 4.69) is 0 Å². The van der Waals surface area contributed by atoms with Crippen molar-refractivity contribution in [1.82, 2.24) is 0 Å². The van der Waals surface area contributed by atoms with E-state index in [9.17, 15) is 0 Å². The van der Waals surface area contributed by atoms with Crippen LogP contribution in [-0.4, -0.2) is 66.3 Å².